The Labute approximate surface area is 94.4 Å². The third-order valence-electron chi connectivity index (χ3n) is 2.31. The average Bonchev–Trinajstić information content (AvgIpc) is 2.23. The zero-order valence-corrected chi connectivity index (χ0v) is 9.59. The molecule has 1 rings (SSSR count). The van der Waals surface area contributed by atoms with Crippen LogP contribution < -0.4 is 10.5 Å². The molecule has 0 heterocycles. The predicted molar refractivity (Wildman–Crippen MR) is 59.2 cm³/mol. The smallest absolute Gasteiger partial charge is 0.191 e. The average molecular weight is 229 g/mol. The van der Waals surface area contributed by atoms with Crippen LogP contribution in [-0.2, 0) is 6.54 Å². The van der Waals surface area contributed by atoms with Crippen molar-refractivity contribution in [1.82, 2.24) is 0 Å². The van der Waals surface area contributed by atoms with Crippen LogP contribution in [0.3, 0.4) is 0 Å². The molecule has 0 amide bonds. The van der Waals surface area contributed by atoms with Gasteiger partial charge in [-0.3, -0.25) is 0 Å². The maximum atomic E-state index is 13.5. The highest BCUT2D eigenvalue weighted by atomic mass is 19.1. The van der Waals surface area contributed by atoms with E-state index in [4.69, 9.17) is 10.5 Å². The van der Waals surface area contributed by atoms with Gasteiger partial charge in [-0.25, -0.2) is 8.78 Å². The van der Waals surface area contributed by atoms with Gasteiger partial charge in [-0.15, -0.1) is 0 Å². The molecule has 1 aromatic carbocycles. The Hall–Kier alpha value is -1.16. The molecule has 0 aliphatic heterocycles. The summed E-state index contributed by atoms with van der Waals surface area (Å²) in [5, 5.41) is 0. The molecule has 1 atom stereocenters. The van der Waals surface area contributed by atoms with Crippen molar-refractivity contribution in [2.45, 2.75) is 39.3 Å². The first-order valence-corrected chi connectivity index (χ1v) is 5.43. The summed E-state index contributed by atoms with van der Waals surface area (Å²) in [4.78, 5) is 0. The number of nitrogens with two attached hydrogens (primary N) is 1. The third-order valence-corrected chi connectivity index (χ3v) is 2.31. The number of hydrogen-bond donors (Lipinski definition) is 1. The fourth-order valence-electron chi connectivity index (χ4n) is 1.51. The lowest BCUT2D eigenvalue weighted by atomic mass is 10.2. The minimum absolute atomic E-state index is 0.110. The van der Waals surface area contributed by atoms with Gasteiger partial charge in [0.15, 0.2) is 17.4 Å². The van der Waals surface area contributed by atoms with Gasteiger partial charge in [-0.2, -0.15) is 0 Å². The lowest BCUT2D eigenvalue weighted by Crippen LogP contribution is -2.13. The lowest BCUT2D eigenvalue weighted by Gasteiger charge is -2.15. The molecule has 2 nitrogen and oxygen atoms in total. The van der Waals surface area contributed by atoms with Crippen molar-refractivity contribution in [3.05, 3.63) is 29.3 Å². The number of rotatable bonds is 5. The van der Waals surface area contributed by atoms with Crippen LogP contribution >= 0.6 is 0 Å². The number of hydrogen-bond acceptors (Lipinski definition) is 2. The molecule has 0 aromatic heterocycles. The fraction of sp³-hybridized carbons (Fsp3) is 0.500. The second-order valence-corrected chi connectivity index (χ2v) is 3.81. The Morgan fingerprint density at radius 1 is 1.31 bits per heavy atom. The zero-order chi connectivity index (χ0) is 12.1. The van der Waals surface area contributed by atoms with Crippen molar-refractivity contribution in [2.24, 2.45) is 5.73 Å². The molecule has 2 N–H and O–H groups in total. The molecule has 4 heteroatoms. The largest absolute Gasteiger partial charge is 0.485 e. The SMILES string of the molecule is CCCC(C)Oc1c(F)cc(CN)cc1F. The molecule has 16 heavy (non-hydrogen) atoms. The third kappa shape index (κ3) is 3.17. The van der Waals surface area contributed by atoms with E-state index in [0.29, 0.717) is 5.56 Å². The van der Waals surface area contributed by atoms with Crippen LogP contribution in [0, 0.1) is 11.6 Å². The predicted octanol–water partition coefficient (Wildman–Crippen LogP) is 2.99. The topological polar surface area (TPSA) is 35.2 Å². The van der Waals surface area contributed by atoms with Crippen LogP contribution in [0.15, 0.2) is 12.1 Å². The summed E-state index contributed by atoms with van der Waals surface area (Å²) >= 11 is 0. The van der Waals surface area contributed by atoms with Crippen LogP contribution in [-0.4, -0.2) is 6.10 Å². The highest BCUT2D eigenvalue weighted by molar-refractivity contribution is 5.31. The molecule has 1 aromatic rings. The number of halogens is 2. The minimum Gasteiger partial charge on any atom is -0.485 e. The Bertz CT molecular complexity index is 332. The summed E-state index contributed by atoms with van der Waals surface area (Å²) < 4.78 is 32.2. The van der Waals surface area contributed by atoms with Crippen molar-refractivity contribution < 1.29 is 13.5 Å². The van der Waals surface area contributed by atoms with Gasteiger partial charge >= 0.3 is 0 Å². The molecule has 0 spiro atoms. The van der Waals surface area contributed by atoms with Gasteiger partial charge in [0.2, 0.25) is 0 Å². The van der Waals surface area contributed by atoms with E-state index < -0.39 is 11.6 Å². The molecular weight excluding hydrogens is 212 g/mol. The normalized spacial score (nSPS) is 12.6. The molecule has 0 bridgehead atoms. The van der Waals surface area contributed by atoms with Gasteiger partial charge in [-0.1, -0.05) is 13.3 Å². The van der Waals surface area contributed by atoms with Crippen LogP contribution in [0.25, 0.3) is 0 Å². The first kappa shape index (κ1) is 12.9. The van der Waals surface area contributed by atoms with Crippen molar-refractivity contribution in [3.63, 3.8) is 0 Å². The first-order valence-electron chi connectivity index (χ1n) is 5.43. The summed E-state index contributed by atoms with van der Waals surface area (Å²) in [7, 11) is 0. The van der Waals surface area contributed by atoms with Crippen molar-refractivity contribution in [1.29, 1.82) is 0 Å². The van der Waals surface area contributed by atoms with E-state index in [1.54, 1.807) is 6.92 Å². The Kier molecular flexibility index (Phi) is 4.68. The van der Waals surface area contributed by atoms with Gasteiger partial charge in [0, 0.05) is 6.54 Å². The lowest BCUT2D eigenvalue weighted by molar-refractivity contribution is 0.191. The van der Waals surface area contributed by atoms with Crippen molar-refractivity contribution >= 4 is 0 Å². The van der Waals surface area contributed by atoms with Gasteiger partial charge in [0.1, 0.15) is 0 Å². The molecule has 90 valence electrons. The Morgan fingerprint density at radius 3 is 2.31 bits per heavy atom. The summed E-state index contributed by atoms with van der Waals surface area (Å²) in [6.45, 7) is 3.89. The maximum Gasteiger partial charge on any atom is 0.191 e. The number of benzene rings is 1. The summed E-state index contributed by atoms with van der Waals surface area (Å²) in [5.41, 5.74) is 5.73. The summed E-state index contributed by atoms with van der Waals surface area (Å²) in [6.07, 6.45) is 1.47. The first-order chi connectivity index (χ1) is 7.58. The molecule has 0 saturated heterocycles. The minimum atomic E-state index is -0.691. The van der Waals surface area contributed by atoms with Crippen LogP contribution in [0.2, 0.25) is 0 Å². The monoisotopic (exact) mass is 229 g/mol. The Morgan fingerprint density at radius 2 is 1.88 bits per heavy atom. The second-order valence-electron chi connectivity index (χ2n) is 3.81. The van der Waals surface area contributed by atoms with Gasteiger partial charge in [-0.05, 0) is 31.0 Å². The van der Waals surface area contributed by atoms with Crippen LogP contribution in [0.4, 0.5) is 8.78 Å². The van der Waals surface area contributed by atoms with E-state index >= 15 is 0 Å². The zero-order valence-electron chi connectivity index (χ0n) is 9.59. The molecular formula is C12H17F2NO. The molecule has 0 radical (unpaired) electrons. The maximum absolute atomic E-state index is 13.5. The van der Waals surface area contributed by atoms with Gasteiger partial charge in [0.05, 0.1) is 6.10 Å². The molecule has 0 saturated carbocycles. The Balaban J connectivity index is 2.87. The standard InChI is InChI=1S/C12H17F2NO/c1-3-4-8(2)16-12-10(13)5-9(7-15)6-11(12)14/h5-6,8H,3-4,7,15H2,1-2H3. The summed E-state index contributed by atoms with van der Waals surface area (Å²) in [6, 6.07) is 2.41. The quantitative estimate of drug-likeness (QED) is 0.842. The summed E-state index contributed by atoms with van der Waals surface area (Å²) in [5.74, 6) is -1.69. The number of ether oxygens (including phenoxy) is 1. The van der Waals surface area contributed by atoms with Gasteiger partial charge in [0.25, 0.3) is 0 Å². The van der Waals surface area contributed by atoms with E-state index in [2.05, 4.69) is 0 Å². The van der Waals surface area contributed by atoms with Crippen LogP contribution in [0.1, 0.15) is 32.3 Å². The van der Waals surface area contributed by atoms with E-state index in [-0.39, 0.29) is 18.4 Å². The van der Waals surface area contributed by atoms with E-state index in [0.717, 1.165) is 12.8 Å². The highest BCUT2D eigenvalue weighted by Crippen LogP contribution is 2.25. The fourth-order valence-corrected chi connectivity index (χ4v) is 1.51. The van der Waals surface area contributed by atoms with Crippen LogP contribution in [0.5, 0.6) is 5.75 Å². The van der Waals surface area contributed by atoms with E-state index in [1.165, 1.54) is 12.1 Å². The molecule has 0 aliphatic rings. The highest BCUT2D eigenvalue weighted by Gasteiger charge is 2.14. The molecule has 1 unspecified atom stereocenters. The molecule has 0 fully saturated rings. The second kappa shape index (κ2) is 5.80. The van der Waals surface area contributed by atoms with Crippen molar-refractivity contribution in [3.8, 4) is 5.75 Å². The van der Waals surface area contributed by atoms with Gasteiger partial charge < -0.3 is 10.5 Å². The molecule has 0 aliphatic carbocycles. The van der Waals surface area contributed by atoms with E-state index in [9.17, 15) is 8.78 Å². The van der Waals surface area contributed by atoms with E-state index in [1.807, 2.05) is 6.92 Å². The van der Waals surface area contributed by atoms with Crippen molar-refractivity contribution in [2.75, 3.05) is 0 Å².